The first-order chi connectivity index (χ1) is 11.5. The molecular formula is C17H22F3N5. The van der Waals surface area contributed by atoms with E-state index in [4.69, 9.17) is 11.5 Å². The van der Waals surface area contributed by atoms with Gasteiger partial charge in [0.05, 0.1) is 11.3 Å². The normalized spacial score (nSPS) is 12.4. The van der Waals surface area contributed by atoms with Gasteiger partial charge < -0.3 is 11.5 Å². The average Bonchev–Trinajstić information content (AvgIpc) is 2.52. The molecule has 0 saturated heterocycles. The van der Waals surface area contributed by atoms with Crippen molar-refractivity contribution < 1.29 is 13.2 Å². The first-order valence-corrected chi connectivity index (χ1v) is 7.99. The second-order valence-corrected chi connectivity index (χ2v) is 6.56. The summed E-state index contributed by atoms with van der Waals surface area (Å²) >= 11 is 0. The minimum Gasteiger partial charge on any atom is -0.383 e. The third-order valence-electron chi connectivity index (χ3n) is 4.26. The number of rotatable bonds is 5. The molecule has 25 heavy (non-hydrogen) atoms. The molecule has 2 rings (SSSR count). The van der Waals surface area contributed by atoms with Crippen LogP contribution in [0.1, 0.15) is 49.7 Å². The summed E-state index contributed by atoms with van der Waals surface area (Å²) in [5, 5.41) is 0. The number of nitrogen functional groups attached to an aromatic ring is 2. The van der Waals surface area contributed by atoms with E-state index in [-0.39, 0.29) is 5.95 Å². The van der Waals surface area contributed by atoms with Gasteiger partial charge >= 0.3 is 6.18 Å². The van der Waals surface area contributed by atoms with Crippen molar-refractivity contribution in [3.05, 3.63) is 40.8 Å². The van der Waals surface area contributed by atoms with Crippen LogP contribution in [0, 0.1) is 0 Å². The van der Waals surface area contributed by atoms with Gasteiger partial charge in [-0.2, -0.15) is 18.2 Å². The second kappa shape index (κ2) is 6.85. The molecule has 0 saturated carbocycles. The van der Waals surface area contributed by atoms with Gasteiger partial charge in [-0.3, -0.25) is 4.98 Å². The molecule has 0 atom stereocenters. The van der Waals surface area contributed by atoms with Gasteiger partial charge in [0.15, 0.2) is 0 Å². The average molecular weight is 353 g/mol. The number of aryl methyl sites for hydroxylation is 1. The fourth-order valence-electron chi connectivity index (χ4n) is 2.66. The lowest BCUT2D eigenvalue weighted by Crippen LogP contribution is -2.21. The maximum absolute atomic E-state index is 12.7. The summed E-state index contributed by atoms with van der Waals surface area (Å²) in [6.45, 7) is 5.82. The van der Waals surface area contributed by atoms with E-state index in [1.165, 1.54) is 6.07 Å². The van der Waals surface area contributed by atoms with E-state index < -0.39 is 17.2 Å². The fraction of sp³-hybridized carbons (Fsp3) is 0.471. The third-order valence-corrected chi connectivity index (χ3v) is 4.26. The summed E-state index contributed by atoms with van der Waals surface area (Å²) in [5.74, 6) is 0.488. The highest BCUT2D eigenvalue weighted by Crippen LogP contribution is 2.32. The van der Waals surface area contributed by atoms with E-state index >= 15 is 0 Å². The lowest BCUT2D eigenvalue weighted by molar-refractivity contribution is -0.137. The highest BCUT2D eigenvalue weighted by Gasteiger charge is 2.32. The fourth-order valence-corrected chi connectivity index (χ4v) is 2.66. The van der Waals surface area contributed by atoms with Crippen LogP contribution in [0.3, 0.4) is 0 Å². The molecule has 0 unspecified atom stereocenters. The Morgan fingerprint density at radius 3 is 2.28 bits per heavy atom. The standard InChI is InChI=1S/C17H22F3N5/c1-4-12-11(14(21)25-15(22)24-12)7-8-16(2,3)13-6-5-10(9-23-13)17(18,19)20/h5-6,9H,4,7-8H2,1-3H3,(H4,21,22,24,25). The van der Waals surface area contributed by atoms with Gasteiger partial charge in [0.25, 0.3) is 0 Å². The Morgan fingerprint density at radius 1 is 1.08 bits per heavy atom. The van der Waals surface area contributed by atoms with Crippen molar-refractivity contribution in [3.8, 4) is 0 Å². The number of pyridine rings is 1. The number of nitrogens with zero attached hydrogens (tertiary/aromatic N) is 3. The topological polar surface area (TPSA) is 90.7 Å². The maximum atomic E-state index is 12.7. The molecular weight excluding hydrogens is 331 g/mol. The molecule has 0 spiro atoms. The Kier molecular flexibility index (Phi) is 5.20. The van der Waals surface area contributed by atoms with Gasteiger partial charge in [0.1, 0.15) is 5.82 Å². The first-order valence-electron chi connectivity index (χ1n) is 7.99. The zero-order valence-corrected chi connectivity index (χ0v) is 14.5. The van der Waals surface area contributed by atoms with Crippen LogP contribution >= 0.6 is 0 Å². The van der Waals surface area contributed by atoms with Crippen molar-refractivity contribution in [2.24, 2.45) is 0 Å². The zero-order valence-electron chi connectivity index (χ0n) is 14.5. The number of hydrogen-bond donors (Lipinski definition) is 2. The number of aromatic nitrogens is 3. The third kappa shape index (κ3) is 4.37. The van der Waals surface area contributed by atoms with Gasteiger partial charge in [-0.1, -0.05) is 20.8 Å². The summed E-state index contributed by atoms with van der Waals surface area (Å²) in [4.78, 5) is 12.2. The second-order valence-electron chi connectivity index (χ2n) is 6.56. The molecule has 136 valence electrons. The first kappa shape index (κ1) is 19.0. The molecule has 0 bridgehead atoms. The molecule has 0 aromatic carbocycles. The Labute approximate surface area is 144 Å². The largest absolute Gasteiger partial charge is 0.417 e. The maximum Gasteiger partial charge on any atom is 0.417 e. The summed E-state index contributed by atoms with van der Waals surface area (Å²) in [5.41, 5.74) is 12.6. The van der Waals surface area contributed by atoms with E-state index in [2.05, 4.69) is 15.0 Å². The van der Waals surface area contributed by atoms with Crippen molar-refractivity contribution in [2.45, 2.75) is 51.6 Å². The molecule has 0 amide bonds. The minimum atomic E-state index is -4.39. The molecule has 0 aliphatic carbocycles. The summed E-state index contributed by atoms with van der Waals surface area (Å²) in [7, 11) is 0. The molecule has 2 heterocycles. The Balaban J connectivity index is 2.20. The van der Waals surface area contributed by atoms with Crippen molar-refractivity contribution in [1.29, 1.82) is 0 Å². The van der Waals surface area contributed by atoms with Crippen LogP contribution in [0.2, 0.25) is 0 Å². The van der Waals surface area contributed by atoms with Crippen LogP contribution in [0.25, 0.3) is 0 Å². The number of nitrogens with two attached hydrogens (primary N) is 2. The number of hydrogen-bond acceptors (Lipinski definition) is 5. The Bertz CT molecular complexity index is 739. The van der Waals surface area contributed by atoms with Crippen LogP contribution in [0.4, 0.5) is 24.9 Å². The van der Waals surface area contributed by atoms with Crippen LogP contribution in [0.15, 0.2) is 18.3 Å². The Hall–Kier alpha value is -2.38. The molecule has 2 aromatic rings. The highest BCUT2D eigenvalue weighted by molar-refractivity contribution is 5.46. The number of anilines is 2. The van der Waals surface area contributed by atoms with Gasteiger partial charge in [0.2, 0.25) is 5.95 Å². The van der Waals surface area contributed by atoms with Crippen molar-refractivity contribution in [1.82, 2.24) is 15.0 Å². The quantitative estimate of drug-likeness (QED) is 0.858. The van der Waals surface area contributed by atoms with E-state index in [9.17, 15) is 13.2 Å². The van der Waals surface area contributed by atoms with Crippen molar-refractivity contribution in [3.63, 3.8) is 0 Å². The van der Waals surface area contributed by atoms with Crippen molar-refractivity contribution >= 4 is 11.8 Å². The monoisotopic (exact) mass is 353 g/mol. The van der Waals surface area contributed by atoms with Crippen LogP contribution in [-0.2, 0) is 24.4 Å². The van der Waals surface area contributed by atoms with E-state index in [1.54, 1.807) is 0 Å². The smallest absolute Gasteiger partial charge is 0.383 e. The number of halogens is 3. The molecule has 8 heteroatoms. The minimum absolute atomic E-state index is 0.141. The van der Waals surface area contributed by atoms with Gasteiger partial charge in [-0.05, 0) is 31.4 Å². The lowest BCUT2D eigenvalue weighted by atomic mass is 9.82. The lowest BCUT2D eigenvalue weighted by Gasteiger charge is -2.25. The summed E-state index contributed by atoms with van der Waals surface area (Å²) < 4.78 is 38.0. The number of alkyl halides is 3. The van der Waals surface area contributed by atoms with Crippen LogP contribution in [-0.4, -0.2) is 15.0 Å². The molecule has 2 aromatic heterocycles. The SMILES string of the molecule is CCc1nc(N)nc(N)c1CCC(C)(C)c1ccc(C(F)(F)F)cn1. The molecule has 0 fully saturated rings. The summed E-state index contributed by atoms with van der Waals surface area (Å²) in [6.07, 6.45) is -1.62. The van der Waals surface area contributed by atoms with Crippen LogP contribution in [0.5, 0.6) is 0 Å². The van der Waals surface area contributed by atoms with E-state index in [0.717, 1.165) is 23.5 Å². The van der Waals surface area contributed by atoms with Gasteiger partial charge in [-0.15, -0.1) is 0 Å². The molecule has 0 aliphatic heterocycles. The van der Waals surface area contributed by atoms with E-state index in [0.29, 0.717) is 30.8 Å². The van der Waals surface area contributed by atoms with Gasteiger partial charge in [0, 0.05) is 22.9 Å². The summed E-state index contributed by atoms with van der Waals surface area (Å²) in [6, 6.07) is 2.48. The van der Waals surface area contributed by atoms with E-state index in [1.807, 2.05) is 20.8 Å². The predicted octanol–water partition coefficient (Wildman–Crippen LogP) is 3.53. The molecule has 4 N–H and O–H groups in total. The van der Waals surface area contributed by atoms with Crippen molar-refractivity contribution in [2.75, 3.05) is 11.5 Å². The molecule has 0 radical (unpaired) electrons. The highest BCUT2D eigenvalue weighted by atomic mass is 19.4. The zero-order chi connectivity index (χ0) is 18.8. The molecule has 0 aliphatic rings. The molecule has 5 nitrogen and oxygen atoms in total. The predicted molar refractivity (Wildman–Crippen MR) is 90.8 cm³/mol. The Morgan fingerprint density at radius 2 is 1.76 bits per heavy atom. The van der Waals surface area contributed by atoms with Gasteiger partial charge in [-0.25, -0.2) is 4.98 Å². The van der Waals surface area contributed by atoms with Crippen LogP contribution < -0.4 is 11.5 Å².